The number of hydrogen-bond donors (Lipinski definition) is 6. The van der Waals surface area contributed by atoms with Crippen molar-refractivity contribution >= 4 is 58.8 Å². The van der Waals surface area contributed by atoms with Crippen LogP contribution in [0.5, 0.6) is 5.75 Å². The Hall–Kier alpha value is -8.35. The molecular formula is C51H58N8O13. The highest BCUT2D eigenvalue weighted by molar-refractivity contribution is 5.99. The van der Waals surface area contributed by atoms with E-state index in [0.717, 1.165) is 16.7 Å². The van der Waals surface area contributed by atoms with Gasteiger partial charge in [-0.15, -0.1) is 0 Å². The highest BCUT2D eigenvalue weighted by atomic mass is 16.7. The van der Waals surface area contributed by atoms with Crippen LogP contribution in [0.2, 0.25) is 0 Å². The molecule has 72 heavy (non-hydrogen) atoms. The zero-order valence-electron chi connectivity index (χ0n) is 39.9. The average Bonchev–Trinajstić information content (AvgIpc) is 3.35. The van der Waals surface area contributed by atoms with Crippen LogP contribution in [0.15, 0.2) is 97.1 Å². The monoisotopic (exact) mass is 990 g/mol. The standard InChI is InChI=1S/C51H58N8O13/c1-34(2)47(49(64)56-42(11-7-26-54-50(52)65)48(63)55-39-17-13-35(14-18-39)33-71-51(66)72-41-21-19-40(20-22-41)59(67)68)57-45(61)25-28-69-30-31-70-29-27-53-44(60)23-24-46(62)58-32-38-10-4-3-8-36(38)15-16-37-9-5-6-12-43(37)58/h3-6,8-10,12-14,17-22,34,42,47H,7,11,23-33H2,1-2H3,(H,53,60)(H,55,63)(H,56,64)(H,57,61)(H3,52,54,65)/t42-,47?/m0/s1. The summed E-state index contributed by atoms with van der Waals surface area (Å²) in [5, 5.41) is 24.2. The molecule has 1 unspecified atom stereocenters. The Morgan fingerprint density at radius 3 is 2.12 bits per heavy atom. The fourth-order valence-electron chi connectivity index (χ4n) is 7.05. The summed E-state index contributed by atoms with van der Waals surface area (Å²) in [6.45, 7) is 4.55. The minimum absolute atomic E-state index is 0.00295. The number of urea groups is 1. The van der Waals surface area contributed by atoms with Crippen LogP contribution in [0.25, 0.3) is 0 Å². The van der Waals surface area contributed by atoms with Crippen molar-refractivity contribution in [3.63, 3.8) is 0 Å². The molecule has 1 aliphatic heterocycles. The number of carbonyl (C=O) groups is 7. The Labute approximate surface area is 416 Å². The van der Waals surface area contributed by atoms with E-state index in [1.165, 1.54) is 24.3 Å². The lowest BCUT2D eigenvalue weighted by molar-refractivity contribution is -0.384. The van der Waals surface area contributed by atoms with Crippen LogP contribution in [0, 0.1) is 27.9 Å². The van der Waals surface area contributed by atoms with Gasteiger partial charge in [0.15, 0.2) is 0 Å². The van der Waals surface area contributed by atoms with Gasteiger partial charge in [-0.3, -0.25) is 34.1 Å². The number of nitrogens with zero attached hydrogens (tertiary/aromatic N) is 2. The predicted molar refractivity (Wildman–Crippen MR) is 263 cm³/mol. The van der Waals surface area contributed by atoms with Gasteiger partial charge in [0.25, 0.3) is 5.69 Å². The van der Waals surface area contributed by atoms with Crippen LogP contribution >= 0.6 is 0 Å². The number of nitro benzene ring substituents is 1. The Kier molecular flexibility index (Phi) is 21.5. The summed E-state index contributed by atoms with van der Waals surface area (Å²) in [5.74, 6) is 3.90. The first-order chi connectivity index (χ1) is 34.7. The second-order valence-electron chi connectivity index (χ2n) is 16.6. The second-order valence-corrected chi connectivity index (χ2v) is 16.6. The summed E-state index contributed by atoms with van der Waals surface area (Å²) in [7, 11) is 0. The van der Waals surface area contributed by atoms with Gasteiger partial charge in [-0.25, -0.2) is 9.59 Å². The molecule has 0 aliphatic carbocycles. The SMILES string of the molecule is CC(C)C(NC(=O)CCOCCOCCNC(=O)CCC(=O)N1Cc2ccccc2C#Cc2ccccc21)C(=O)N[C@@H](CCCNC(N)=O)C(=O)Nc1ccc(COC(=O)Oc2ccc([N+](=O)[O-])cc2)cc1. The van der Waals surface area contributed by atoms with E-state index in [9.17, 15) is 43.7 Å². The number of primary amides is 1. The number of carbonyl (C=O) groups excluding carboxylic acids is 7. The molecule has 0 aromatic heterocycles. The lowest BCUT2D eigenvalue weighted by Gasteiger charge is -2.26. The topological polar surface area (TPSA) is 289 Å². The van der Waals surface area contributed by atoms with E-state index in [1.54, 1.807) is 43.0 Å². The molecule has 0 saturated heterocycles. The quantitative estimate of drug-likeness (QED) is 0.0126. The van der Waals surface area contributed by atoms with Gasteiger partial charge >= 0.3 is 12.2 Å². The van der Waals surface area contributed by atoms with E-state index >= 15 is 0 Å². The Balaban J connectivity index is 0.981. The number of para-hydroxylation sites is 1. The van der Waals surface area contributed by atoms with E-state index in [-0.39, 0.29) is 107 Å². The third-order valence-corrected chi connectivity index (χ3v) is 10.8. The number of fused-ring (bicyclic) bond motifs is 2. The summed E-state index contributed by atoms with van der Waals surface area (Å²) < 4.78 is 21.2. The van der Waals surface area contributed by atoms with E-state index in [0.29, 0.717) is 23.5 Å². The molecule has 1 heterocycles. The molecule has 4 aromatic rings. The average molecular weight is 991 g/mol. The number of anilines is 2. The maximum Gasteiger partial charge on any atom is 0.514 e. The molecule has 4 aromatic carbocycles. The molecule has 0 spiro atoms. The second kappa shape index (κ2) is 28.3. The van der Waals surface area contributed by atoms with Gasteiger partial charge in [0, 0.05) is 61.3 Å². The lowest BCUT2D eigenvalue weighted by atomic mass is 10.0. The lowest BCUT2D eigenvalue weighted by Crippen LogP contribution is -2.54. The van der Waals surface area contributed by atoms with Gasteiger partial charge in [0.05, 0.1) is 43.6 Å². The molecule has 7 N–H and O–H groups in total. The van der Waals surface area contributed by atoms with Crippen molar-refractivity contribution in [2.24, 2.45) is 11.7 Å². The van der Waals surface area contributed by atoms with Crippen molar-refractivity contribution in [1.82, 2.24) is 21.3 Å². The number of rotatable bonds is 26. The number of nitrogens with one attached hydrogen (secondary N) is 5. The molecule has 0 bridgehead atoms. The number of nitrogens with two attached hydrogens (primary N) is 1. The number of hydrogen-bond acceptors (Lipinski definition) is 13. The molecule has 5 rings (SSSR count). The minimum Gasteiger partial charge on any atom is -0.429 e. The molecule has 21 nitrogen and oxygen atoms in total. The van der Waals surface area contributed by atoms with Crippen molar-refractivity contribution in [1.29, 1.82) is 0 Å². The van der Waals surface area contributed by atoms with Crippen LogP contribution in [0.1, 0.15) is 68.2 Å². The van der Waals surface area contributed by atoms with Crippen LogP contribution in [-0.4, -0.2) is 98.2 Å². The molecule has 380 valence electrons. The van der Waals surface area contributed by atoms with Gasteiger partial charge < -0.3 is 56.2 Å². The van der Waals surface area contributed by atoms with Gasteiger partial charge in [-0.2, -0.15) is 0 Å². The zero-order chi connectivity index (χ0) is 51.8. The van der Waals surface area contributed by atoms with E-state index in [2.05, 4.69) is 38.4 Å². The summed E-state index contributed by atoms with van der Waals surface area (Å²) >= 11 is 0. The third kappa shape index (κ3) is 18.2. The van der Waals surface area contributed by atoms with Gasteiger partial charge in [0.1, 0.15) is 24.4 Å². The Morgan fingerprint density at radius 1 is 0.736 bits per heavy atom. The highest BCUT2D eigenvalue weighted by Gasteiger charge is 2.29. The Bertz CT molecular complexity index is 2600. The molecule has 0 saturated carbocycles. The largest absolute Gasteiger partial charge is 0.514 e. The zero-order valence-corrected chi connectivity index (χ0v) is 39.9. The van der Waals surface area contributed by atoms with Crippen LogP contribution in [-0.2, 0) is 51.3 Å². The molecule has 2 atom stereocenters. The number of ether oxygens (including phenoxy) is 4. The molecule has 0 fully saturated rings. The molecule has 1 aliphatic rings. The third-order valence-electron chi connectivity index (χ3n) is 10.8. The first-order valence-corrected chi connectivity index (χ1v) is 23.2. The van der Waals surface area contributed by atoms with E-state index < -0.39 is 46.9 Å². The number of benzene rings is 4. The van der Waals surface area contributed by atoms with Crippen molar-refractivity contribution in [3.05, 3.63) is 129 Å². The van der Waals surface area contributed by atoms with Crippen molar-refractivity contribution in [3.8, 4) is 17.6 Å². The summed E-state index contributed by atoms with van der Waals surface area (Å²) in [6, 6.07) is 23.4. The van der Waals surface area contributed by atoms with Crippen molar-refractivity contribution < 1.29 is 57.4 Å². The predicted octanol–water partition coefficient (Wildman–Crippen LogP) is 4.59. The summed E-state index contributed by atoms with van der Waals surface area (Å²) in [4.78, 5) is 101. The normalized spacial score (nSPS) is 12.2. The van der Waals surface area contributed by atoms with Gasteiger partial charge in [-0.05, 0) is 72.4 Å². The van der Waals surface area contributed by atoms with Crippen LogP contribution in [0.3, 0.4) is 0 Å². The fourth-order valence-corrected chi connectivity index (χ4v) is 7.05. The molecular weight excluding hydrogens is 933 g/mol. The number of amides is 7. The van der Waals surface area contributed by atoms with Crippen LogP contribution in [0.4, 0.5) is 26.7 Å². The number of nitro groups is 1. The molecule has 7 amide bonds. The number of non-ortho nitro benzene ring substituents is 1. The van der Waals surface area contributed by atoms with Crippen molar-refractivity contribution in [2.75, 3.05) is 49.7 Å². The fraction of sp³-hybridized carbons (Fsp3) is 0.353. The Morgan fingerprint density at radius 2 is 1.42 bits per heavy atom. The smallest absolute Gasteiger partial charge is 0.429 e. The van der Waals surface area contributed by atoms with Gasteiger partial charge in [0.2, 0.25) is 29.5 Å². The molecule has 0 radical (unpaired) electrons. The van der Waals surface area contributed by atoms with Crippen molar-refractivity contribution in [2.45, 2.75) is 71.2 Å². The van der Waals surface area contributed by atoms with E-state index in [4.69, 9.17) is 24.7 Å². The van der Waals surface area contributed by atoms with E-state index in [1.807, 2.05) is 48.5 Å². The minimum atomic E-state index is -1.09. The maximum atomic E-state index is 13.6. The van der Waals surface area contributed by atoms with Crippen LogP contribution < -0.4 is 42.0 Å². The maximum absolute atomic E-state index is 13.6. The highest BCUT2D eigenvalue weighted by Crippen LogP contribution is 2.26. The summed E-state index contributed by atoms with van der Waals surface area (Å²) in [5.41, 5.74) is 9.11. The summed E-state index contributed by atoms with van der Waals surface area (Å²) in [6.07, 6.45) is -0.729. The first-order valence-electron chi connectivity index (χ1n) is 23.2. The first kappa shape index (κ1) is 54.6. The van der Waals surface area contributed by atoms with Gasteiger partial charge in [-0.1, -0.05) is 68.2 Å². The molecule has 21 heteroatoms.